The van der Waals surface area contributed by atoms with Crippen LogP contribution in [0.25, 0.3) is 0 Å². The van der Waals surface area contributed by atoms with Gasteiger partial charge in [-0.15, -0.1) is 0 Å². The van der Waals surface area contributed by atoms with Crippen LogP contribution in [0.3, 0.4) is 0 Å². The zero-order chi connectivity index (χ0) is 13.3. The number of hydrogen-bond donors (Lipinski definition) is 0. The quantitative estimate of drug-likeness (QED) is 0.811. The maximum absolute atomic E-state index is 12.2. The normalized spacial score (nSPS) is 14.4. The third kappa shape index (κ3) is 4.26. The van der Waals surface area contributed by atoms with Gasteiger partial charge in [-0.05, 0) is 38.2 Å². The molecule has 0 fully saturated rings. The average molecular weight is 268 g/mol. The number of aromatic nitrogens is 2. The SMILES string of the molecule is CC(C)n1ccc(S(C)(C)CCC(F)(F)F)n1. The second kappa shape index (κ2) is 4.92. The lowest BCUT2D eigenvalue weighted by Gasteiger charge is -2.29. The van der Waals surface area contributed by atoms with Crippen LogP contribution in [0.15, 0.2) is 17.3 Å². The zero-order valence-corrected chi connectivity index (χ0v) is 11.4. The summed E-state index contributed by atoms with van der Waals surface area (Å²) in [5.41, 5.74) is 0. The van der Waals surface area contributed by atoms with Crippen molar-refractivity contribution in [2.75, 3.05) is 18.3 Å². The molecule has 2 nitrogen and oxygen atoms in total. The highest BCUT2D eigenvalue weighted by atomic mass is 32.3. The van der Waals surface area contributed by atoms with Gasteiger partial charge in [0.1, 0.15) is 5.03 Å². The van der Waals surface area contributed by atoms with Gasteiger partial charge in [-0.25, -0.2) is 10.0 Å². The molecule has 0 radical (unpaired) electrons. The molecule has 0 aliphatic heterocycles. The summed E-state index contributed by atoms with van der Waals surface area (Å²) < 4.78 is 38.5. The highest BCUT2D eigenvalue weighted by Crippen LogP contribution is 2.49. The molecule has 1 aromatic heterocycles. The van der Waals surface area contributed by atoms with E-state index in [1.807, 2.05) is 38.6 Å². The Kier molecular flexibility index (Phi) is 4.17. The number of alkyl halides is 3. The van der Waals surface area contributed by atoms with E-state index in [1.54, 1.807) is 4.68 Å². The molecule has 6 heteroatoms. The summed E-state index contributed by atoms with van der Waals surface area (Å²) in [6, 6.07) is 2.08. The number of rotatable bonds is 4. The standard InChI is InChI=1S/C11H19F3N2S/c1-9(2)16-7-5-10(15-16)17(3,4)8-6-11(12,13)14/h5,7,9H,6,8H2,1-4H3. The molecule has 0 aliphatic carbocycles. The van der Waals surface area contributed by atoms with Gasteiger partial charge in [-0.1, -0.05) is 0 Å². The minimum atomic E-state index is -4.08. The fourth-order valence-electron chi connectivity index (χ4n) is 1.38. The summed E-state index contributed by atoms with van der Waals surface area (Å²) in [5, 5.41) is 5.17. The fourth-order valence-corrected chi connectivity index (χ4v) is 3.07. The van der Waals surface area contributed by atoms with Crippen molar-refractivity contribution in [3.8, 4) is 0 Å². The van der Waals surface area contributed by atoms with Crippen molar-refractivity contribution in [3.05, 3.63) is 12.3 Å². The van der Waals surface area contributed by atoms with E-state index in [0.29, 0.717) is 0 Å². The van der Waals surface area contributed by atoms with Gasteiger partial charge in [0.25, 0.3) is 0 Å². The lowest BCUT2D eigenvalue weighted by Crippen LogP contribution is -2.14. The molecular formula is C11H19F3N2S. The van der Waals surface area contributed by atoms with Crippen LogP contribution in [-0.2, 0) is 0 Å². The Morgan fingerprint density at radius 1 is 1.35 bits per heavy atom. The Morgan fingerprint density at radius 3 is 2.35 bits per heavy atom. The fraction of sp³-hybridized carbons (Fsp3) is 0.727. The molecule has 0 amide bonds. The third-order valence-electron chi connectivity index (χ3n) is 2.57. The Balaban J connectivity index is 2.75. The second-order valence-corrected chi connectivity index (χ2v) is 8.74. The Hall–Kier alpha value is -0.650. The molecule has 0 aliphatic rings. The van der Waals surface area contributed by atoms with Gasteiger partial charge in [-0.2, -0.15) is 18.3 Å². The Morgan fingerprint density at radius 2 is 1.94 bits per heavy atom. The van der Waals surface area contributed by atoms with Crippen LogP contribution in [0.2, 0.25) is 0 Å². The van der Waals surface area contributed by atoms with E-state index in [0.717, 1.165) is 5.03 Å². The summed E-state index contributed by atoms with van der Waals surface area (Å²) in [7, 11) is -1.46. The molecule has 17 heavy (non-hydrogen) atoms. The van der Waals surface area contributed by atoms with Crippen LogP contribution in [0.1, 0.15) is 26.3 Å². The first-order valence-corrected chi connectivity index (χ1v) is 8.07. The van der Waals surface area contributed by atoms with Gasteiger partial charge in [0.2, 0.25) is 0 Å². The third-order valence-corrected chi connectivity index (χ3v) is 5.15. The smallest absolute Gasteiger partial charge is 0.269 e. The first-order valence-electron chi connectivity index (χ1n) is 5.45. The minimum absolute atomic E-state index is 0.144. The van der Waals surface area contributed by atoms with Gasteiger partial charge < -0.3 is 0 Å². The van der Waals surface area contributed by atoms with Crippen LogP contribution in [0.5, 0.6) is 0 Å². The second-order valence-electron chi connectivity index (χ2n) is 4.84. The highest BCUT2D eigenvalue weighted by Gasteiger charge is 2.30. The largest absolute Gasteiger partial charge is 0.389 e. The molecule has 0 unspecified atom stereocenters. The molecule has 1 aromatic rings. The molecule has 0 saturated carbocycles. The van der Waals surface area contributed by atoms with Gasteiger partial charge >= 0.3 is 6.18 Å². The molecule has 1 rings (SSSR count). The first kappa shape index (κ1) is 14.4. The van der Waals surface area contributed by atoms with Crippen LogP contribution >= 0.6 is 10.0 Å². The summed E-state index contributed by atoms with van der Waals surface area (Å²) in [6.45, 7) is 3.99. The van der Waals surface area contributed by atoms with Gasteiger partial charge in [0.05, 0.1) is 6.42 Å². The van der Waals surface area contributed by atoms with E-state index >= 15 is 0 Å². The zero-order valence-electron chi connectivity index (χ0n) is 10.6. The van der Waals surface area contributed by atoms with E-state index in [9.17, 15) is 13.2 Å². The van der Waals surface area contributed by atoms with Crippen molar-refractivity contribution < 1.29 is 13.2 Å². The predicted octanol–water partition coefficient (Wildman–Crippen LogP) is 3.84. The van der Waals surface area contributed by atoms with Crippen molar-refractivity contribution >= 4 is 10.0 Å². The maximum atomic E-state index is 12.2. The molecule has 0 atom stereocenters. The van der Waals surface area contributed by atoms with E-state index < -0.39 is 22.6 Å². The van der Waals surface area contributed by atoms with Crippen LogP contribution in [0, 0.1) is 0 Å². The van der Waals surface area contributed by atoms with E-state index in [-0.39, 0.29) is 11.8 Å². The molecule has 100 valence electrons. The Bertz CT molecular complexity index is 369. The van der Waals surface area contributed by atoms with Gasteiger partial charge in [-0.3, -0.25) is 4.68 Å². The van der Waals surface area contributed by atoms with Crippen LogP contribution in [0.4, 0.5) is 13.2 Å². The number of nitrogens with zero attached hydrogens (tertiary/aromatic N) is 2. The summed E-state index contributed by atoms with van der Waals surface area (Å²) in [6.07, 6.45) is 0.786. The molecule has 0 saturated heterocycles. The van der Waals surface area contributed by atoms with Crippen molar-refractivity contribution in [1.29, 1.82) is 0 Å². The molecule has 1 heterocycles. The summed E-state index contributed by atoms with van der Waals surface area (Å²) in [4.78, 5) is 0. The van der Waals surface area contributed by atoms with E-state index in [2.05, 4.69) is 5.10 Å². The van der Waals surface area contributed by atoms with Gasteiger partial charge in [0, 0.05) is 12.2 Å². The monoisotopic (exact) mass is 268 g/mol. The van der Waals surface area contributed by atoms with Crippen molar-refractivity contribution in [3.63, 3.8) is 0 Å². The lowest BCUT2D eigenvalue weighted by atomic mass is 10.4. The Labute approximate surface area is 102 Å². The van der Waals surface area contributed by atoms with Crippen LogP contribution < -0.4 is 0 Å². The molecule has 0 aromatic carbocycles. The van der Waals surface area contributed by atoms with Gasteiger partial charge in [0.15, 0.2) is 0 Å². The topological polar surface area (TPSA) is 17.8 Å². The molecular weight excluding hydrogens is 249 g/mol. The summed E-state index contributed by atoms with van der Waals surface area (Å²) in [5.74, 6) is 0.144. The lowest BCUT2D eigenvalue weighted by molar-refractivity contribution is -0.129. The minimum Gasteiger partial charge on any atom is -0.269 e. The molecule has 0 spiro atoms. The maximum Gasteiger partial charge on any atom is 0.389 e. The highest BCUT2D eigenvalue weighted by molar-refractivity contribution is 8.32. The number of halogens is 3. The van der Waals surface area contributed by atoms with Crippen molar-refractivity contribution in [1.82, 2.24) is 9.78 Å². The van der Waals surface area contributed by atoms with Crippen molar-refractivity contribution in [2.45, 2.75) is 37.5 Å². The number of hydrogen-bond acceptors (Lipinski definition) is 1. The van der Waals surface area contributed by atoms with Crippen LogP contribution in [-0.4, -0.2) is 34.2 Å². The first-order chi connectivity index (χ1) is 7.62. The molecule has 0 bridgehead atoms. The van der Waals surface area contributed by atoms with Crippen molar-refractivity contribution in [2.24, 2.45) is 0 Å². The molecule has 0 N–H and O–H groups in total. The van der Waals surface area contributed by atoms with E-state index in [4.69, 9.17) is 0 Å². The average Bonchev–Trinajstić information content (AvgIpc) is 2.63. The summed E-state index contributed by atoms with van der Waals surface area (Å²) >= 11 is 0. The predicted molar refractivity (Wildman–Crippen MR) is 65.9 cm³/mol. The van der Waals surface area contributed by atoms with E-state index in [1.165, 1.54) is 0 Å².